The largest absolute Gasteiger partial charge is 0.507 e. The highest BCUT2D eigenvalue weighted by Gasteiger charge is 2.31. The molecule has 0 radical (unpaired) electrons. The monoisotopic (exact) mass is 390 g/mol. The first-order chi connectivity index (χ1) is 13.7. The molecular weight excluding hydrogens is 364 g/mol. The van der Waals surface area contributed by atoms with Crippen molar-refractivity contribution in [3.05, 3.63) is 58.7 Å². The molecule has 2 aromatic rings. The van der Waals surface area contributed by atoms with Crippen molar-refractivity contribution in [2.24, 2.45) is 0 Å². The van der Waals surface area contributed by atoms with E-state index in [9.17, 15) is 5.11 Å². The summed E-state index contributed by atoms with van der Waals surface area (Å²) < 4.78 is 18.2. The van der Waals surface area contributed by atoms with Gasteiger partial charge in [-0.15, -0.1) is 0 Å². The molecule has 150 valence electrons. The third kappa shape index (κ3) is 3.07. The van der Waals surface area contributed by atoms with Crippen LogP contribution in [0.5, 0.6) is 23.0 Å². The fraction of sp³-hybridized carbons (Fsp3) is 0.360. The minimum atomic E-state index is -0.364. The first kappa shape index (κ1) is 18.2. The van der Waals surface area contributed by atoms with E-state index in [2.05, 4.69) is 18.2 Å². The summed E-state index contributed by atoms with van der Waals surface area (Å²) >= 11 is 0. The molecule has 1 atom stereocenters. The molecule has 3 heterocycles. The Hall–Kier alpha value is -2.88. The van der Waals surface area contributed by atoms with Crippen LogP contribution in [0.3, 0.4) is 0 Å². The Kier molecular flexibility index (Phi) is 3.79. The van der Waals surface area contributed by atoms with Crippen LogP contribution in [-0.2, 0) is 6.42 Å². The van der Waals surface area contributed by atoms with Crippen LogP contribution in [0.2, 0.25) is 0 Å². The van der Waals surface area contributed by atoms with Crippen LogP contribution in [-0.4, -0.2) is 22.9 Å². The second kappa shape index (κ2) is 6.06. The molecule has 5 rings (SSSR count). The average molecular weight is 390 g/mol. The van der Waals surface area contributed by atoms with Crippen LogP contribution in [0.25, 0.3) is 12.2 Å². The number of hydrogen-bond acceptors (Lipinski definition) is 4. The molecule has 0 aromatic heterocycles. The molecule has 4 nitrogen and oxygen atoms in total. The van der Waals surface area contributed by atoms with E-state index < -0.39 is 0 Å². The van der Waals surface area contributed by atoms with Crippen LogP contribution in [0.15, 0.2) is 36.4 Å². The Balaban J connectivity index is 1.47. The lowest BCUT2D eigenvalue weighted by atomic mass is 9.86. The van der Waals surface area contributed by atoms with E-state index in [1.165, 1.54) is 0 Å². The van der Waals surface area contributed by atoms with Gasteiger partial charge in [0.15, 0.2) is 0 Å². The smallest absolute Gasteiger partial charge is 0.133 e. The molecule has 0 spiro atoms. The maximum absolute atomic E-state index is 10.9. The molecule has 1 N–H and O–H groups in total. The number of ether oxygens (including phenoxy) is 3. The summed E-state index contributed by atoms with van der Waals surface area (Å²) in [7, 11) is 0. The number of rotatable bonds is 1. The lowest BCUT2D eigenvalue weighted by Crippen LogP contribution is -2.28. The third-order valence-electron chi connectivity index (χ3n) is 5.83. The van der Waals surface area contributed by atoms with Crippen molar-refractivity contribution in [2.75, 3.05) is 6.61 Å². The molecule has 0 saturated carbocycles. The average Bonchev–Trinajstić information content (AvgIpc) is 2.66. The predicted octanol–water partition coefficient (Wildman–Crippen LogP) is 5.48. The van der Waals surface area contributed by atoms with E-state index in [1.54, 1.807) is 0 Å². The summed E-state index contributed by atoms with van der Waals surface area (Å²) in [6.45, 7) is 8.61. The number of aromatic hydroxyl groups is 1. The Morgan fingerprint density at radius 3 is 2.21 bits per heavy atom. The van der Waals surface area contributed by atoms with Crippen molar-refractivity contribution < 1.29 is 19.3 Å². The molecule has 29 heavy (non-hydrogen) atoms. The standard InChI is InChI=1S/C25H26O4/c1-24(2)11-9-18-20(28-24)8-6-17(22(18)26)16-13-15-5-7-21-19(23(15)27-14-16)10-12-25(3,4)29-21/h5-12,16,26H,13-14H2,1-4H3/t16-/m0/s1. The van der Waals surface area contributed by atoms with E-state index >= 15 is 0 Å². The Labute approximate surface area is 171 Å². The van der Waals surface area contributed by atoms with Crippen molar-refractivity contribution in [1.82, 2.24) is 0 Å². The minimum absolute atomic E-state index is 0.0825. The van der Waals surface area contributed by atoms with E-state index in [0.29, 0.717) is 6.61 Å². The first-order valence-corrected chi connectivity index (χ1v) is 10.1. The Bertz CT molecular complexity index is 1060. The maximum Gasteiger partial charge on any atom is 0.133 e. The quantitative estimate of drug-likeness (QED) is 0.700. The first-order valence-electron chi connectivity index (χ1n) is 10.1. The van der Waals surface area contributed by atoms with Crippen molar-refractivity contribution in [2.45, 2.75) is 51.2 Å². The van der Waals surface area contributed by atoms with Gasteiger partial charge in [-0.3, -0.25) is 0 Å². The van der Waals surface area contributed by atoms with Gasteiger partial charge in [0.25, 0.3) is 0 Å². The highest BCUT2D eigenvalue weighted by atomic mass is 16.5. The molecule has 3 aliphatic rings. The van der Waals surface area contributed by atoms with Gasteiger partial charge >= 0.3 is 0 Å². The highest BCUT2D eigenvalue weighted by molar-refractivity contribution is 5.71. The summed E-state index contributed by atoms with van der Waals surface area (Å²) in [6.07, 6.45) is 8.90. The van der Waals surface area contributed by atoms with Crippen LogP contribution >= 0.6 is 0 Å². The van der Waals surface area contributed by atoms with Gasteiger partial charge in [-0.2, -0.15) is 0 Å². The van der Waals surface area contributed by atoms with Crippen LogP contribution in [0.4, 0.5) is 0 Å². The molecule has 0 saturated heterocycles. The van der Waals surface area contributed by atoms with Crippen molar-refractivity contribution in [3.8, 4) is 23.0 Å². The predicted molar refractivity (Wildman–Crippen MR) is 114 cm³/mol. The summed E-state index contributed by atoms with van der Waals surface area (Å²) in [5.74, 6) is 2.84. The van der Waals surface area contributed by atoms with E-state index in [0.717, 1.165) is 45.9 Å². The van der Waals surface area contributed by atoms with Gasteiger partial charge in [0, 0.05) is 11.5 Å². The van der Waals surface area contributed by atoms with Gasteiger partial charge < -0.3 is 19.3 Å². The summed E-state index contributed by atoms with van der Waals surface area (Å²) in [5.41, 5.74) is 3.12. The van der Waals surface area contributed by atoms with Crippen LogP contribution in [0.1, 0.15) is 55.9 Å². The van der Waals surface area contributed by atoms with E-state index in [-0.39, 0.29) is 22.9 Å². The molecule has 3 aliphatic heterocycles. The second-order valence-electron chi connectivity index (χ2n) is 9.17. The van der Waals surface area contributed by atoms with Crippen LogP contribution in [0, 0.1) is 0 Å². The zero-order valence-corrected chi connectivity index (χ0v) is 17.3. The molecule has 2 aromatic carbocycles. The molecule has 0 aliphatic carbocycles. The van der Waals surface area contributed by atoms with Crippen LogP contribution < -0.4 is 14.2 Å². The van der Waals surface area contributed by atoms with Crippen molar-refractivity contribution >= 4 is 12.2 Å². The fourth-order valence-corrected chi connectivity index (χ4v) is 4.30. The maximum atomic E-state index is 10.9. The summed E-state index contributed by atoms with van der Waals surface area (Å²) in [6, 6.07) is 8.02. The van der Waals surface area contributed by atoms with Gasteiger partial charge in [0.2, 0.25) is 0 Å². The molecule has 0 amide bonds. The molecular formula is C25H26O4. The lowest BCUT2D eigenvalue weighted by molar-refractivity contribution is 0.156. The van der Waals surface area contributed by atoms with Gasteiger partial charge in [-0.25, -0.2) is 0 Å². The van der Waals surface area contributed by atoms with Crippen molar-refractivity contribution in [1.29, 1.82) is 0 Å². The van der Waals surface area contributed by atoms with E-state index in [4.69, 9.17) is 14.2 Å². The molecule has 4 heteroatoms. The summed E-state index contributed by atoms with van der Waals surface area (Å²) in [5, 5.41) is 10.9. The van der Waals surface area contributed by atoms with Gasteiger partial charge in [0.1, 0.15) is 34.2 Å². The molecule has 0 bridgehead atoms. The number of fused-ring (bicyclic) bond motifs is 4. The normalized spacial score (nSPS) is 22.4. The summed E-state index contributed by atoms with van der Waals surface area (Å²) in [4.78, 5) is 0. The van der Waals surface area contributed by atoms with Gasteiger partial charge in [-0.1, -0.05) is 12.1 Å². The SMILES string of the molecule is CC1(C)C=Cc2c(ccc([C@@H]3COc4c(ccc5c4C=CC(C)(C)O5)C3)c2O)O1. The number of benzene rings is 2. The number of hydrogen-bond donors (Lipinski definition) is 1. The topological polar surface area (TPSA) is 47.9 Å². The molecule has 0 fully saturated rings. The zero-order chi connectivity index (χ0) is 20.4. The lowest BCUT2D eigenvalue weighted by Gasteiger charge is -2.33. The fourth-order valence-electron chi connectivity index (χ4n) is 4.30. The Morgan fingerprint density at radius 1 is 0.862 bits per heavy atom. The molecule has 0 unspecified atom stereocenters. The van der Waals surface area contributed by atoms with Gasteiger partial charge in [0.05, 0.1) is 17.7 Å². The second-order valence-corrected chi connectivity index (χ2v) is 9.17. The van der Waals surface area contributed by atoms with E-state index in [1.807, 2.05) is 58.0 Å². The van der Waals surface area contributed by atoms with Crippen molar-refractivity contribution in [3.63, 3.8) is 0 Å². The third-order valence-corrected chi connectivity index (χ3v) is 5.83. The number of phenolic OH excluding ortho intramolecular Hbond substituents is 1. The Morgan fingerprint density at radius 2 is 1.48 bits per heavy atom. The highest BCUT2D eigenvalue weighted by Crippen LogP contribution is 2.46. The zero-order valence-electron chi connectivity index (χ0n) is 17.3. The van der Waals surface area contributed by atoms with Gasteiger partial charge in [-0.05, 0) is 76.1 Å². The minimum Gasteiger partial charge on any atom is -0.507 e. The number of phenols is 1.